The van der Waals surface area contributed by atoms with E-state index in [2.05, 4.69) is 41.5 Å². The van der Waals surface area contributed by atoms with Gasteiger partial charge in [0, 0.05) is 107 Å². The van der Waals surface area contributed by atoms with Crippen LogP contribution in [0.1, 0.15) is 227 Å². The predicted octanol–water partition coefficient (Wildman–Crippen LogP) is 9.02. The Hall–Kier alpha value is -5.20. The van der Waals surface area contributed by atoms with E-state index in [0.29, 0.717) is 63.6 Å². The Balaban J connectivity index is 0.000000222. The molecule has 0 bridgehead atoms. The van der Waals surface area contributed by atoms with Crippen LogP contribution in [0, 0.1) is 109 Å². The first-order valence-corrected chi connectivity index (χ1v) is 34.4. The fourth-order valence-electron chi connectivity index (χ4n) is 16.6. The second-order valence-corrected chi connectivity index (χ2v) is 34.0. The van der Waals surface area contributed by atoms with Crippen LogP contribution in [0.15, 0.2) is 0 Å². The van der Waals surface area contributed by atoms with Gasteiger partial charge in [-0.1, -0.05) is 163 Å². The molecule has 5 saturated carbocycles. The molecule has 8 fully saturated rings. The average molecular weight is 1270 g/mol. The highest BCUT2D eigenvalue weighted by Crippen LogP contribution is 2.67. The van der Waals surface area contributed by atoms with E-state index < -0.39 is 88.2 Å². The summed E-state index contributed by atoms with van der Waals surface area (Å²) in [4.78, 5) is 157. The number of amides is 5. The van der Waals surface area contributed by atoms with Gasteiger partial charge >= 0.3 is 5.97 Å². The summed E-state index contributed by atoms with van der Waals surface area (Å²) in [7, 11) is 0. The first-order chi connectivity index (χ1) is 41.8. The van der Waals surface area contributed by atoms with Gasteiger partial charge in [0.2, 0.25) is 29.4 Å². The number of Topliss-reactive ketones (excluding diaryl/α,β-unsaturated/α-hetero) is 6. The van der Waals surface area contributed by atoms with E-state index in [1.165, 1.54) is 4.90 Å². The predicted molar refractivity (Wildman–Crippen MR) is 345 cm³/mol. The van der Waals surface area contributed by atoms with Crippen molar-refractivity contribution >= 4 is 70.2 Å². The number of hydrogen-bond donors (Lipinski definition) is 4. The van der Waals surface area contributed by atoms with Crippen LogP contribution in [0.3, 0.4) is 0 Å². The molecule has 0 aromatic rings. The standard InChI is InChI=1S/C27H44N2O5.C27H42N2O5.C18H29NO4/c2*1-7-17(30)13-18(26(2,3)4)25(34)29-14-19-21(27(19,5)6)22(29)20(31)12-16(23(32)24(28)33)11-15-9-8-10-15;1-7-10(20)8-11(17(2,3)4)15(21)19-9-12-13(18(12,5)6)14(19)16(22)23/h15-16,18-19,21-23,32H,7-14H2,1-6H3,(H2,28,33);15-16,18-19,21-22H,7-14H2,1-6H3,(H2,28,33);11-14H,7-9H2,1-6H3,(H,22,23)/t16?,18-,19+,21+,22-,23?;16?,18-,19+,21+,22-;11-,12+,13+,14+/m111/s1. The van der Waals surface area contributed by atoms with Crippen molar-refractivity contribution in [3.8, 4) is 0 Å². The summed E-state index contributed by atoms with van der Waals surface area (Å²) in [6, 6.07) is -1.93. The molecule has 19 heteroatoms. The summed E-state index contributed by atoms with van der Waals surface area (Å²) < 4.78 is 0. The lowest BCUT2D eigenvalue weighted by molar-refractivity contribution is -0.154. The first-order valence-electron chi connectivity index (χ1n) is 34.4. The molecule has 0 aromatic heterocycles. The third kappa shape index (κ3) is 16.3. The summed E-state index contributed by atoms with van der Waals surface area (Å²) in [6.45, 7) is 37.1. The van der Waals surface area contributed by atoms with Crippen molar-refractivity contribution in [2.24, 2.45) is 121 Å². The topological polar surface area (TPSA) is 307 Å². The van der Waals surface area contributed by atoms with E-state index in [9.17, 15) is 67.7 Å². The highest BCUT2D eigenvalue weighted by Gasteiger charge is 2.72. The largest absolute Gasteiger partial charge is 0.480 e. The van der Waals surface area contributed by atoms with Crippen LogP contribution < -0.4 is 11.5 Å². The molecule has 3 saturated heterocycles. The quantitative estimate of drug-likeness (QED) is 0.0558. The van der Waals surface area contributed by atoms with Crippen molar-refractivity contribution in [2.75, 3.05) is 19.6 Å². The summed E-state index contributed by atoms with van der Waals surface area (Å²) in [5, 5.41) is 20.1. The number of nitrogens with zero attached hydrogens (tertiary/aromatic N) is 3. The molecule has 19 nitrogen and oxygen atoms in total. The minimum Gasteiger partial charge on any atom is -0.480 e. The van der Waals surface area contributed by atoms with Gasteiger partial charge in [-0.05, 0) is 86.8 Å². The van der Waals surface area contributed by atoms with Gasteiger partial charge in [0.05, 0.1) is 12.1 Å². The molecule has 0 aromatic carbocycles. The number of likely N-dealkylation sites (tertiary alicyclic amines) is 3. The van der Waals surface area contributed by atoms with Crippen LogP contribution in [0.25, 0.3) is 0 Å². The van der Waals surface area contributed by atoms with Crippen LogP contribution in [-0.2, 0) is 57.5 Å². The second-order valence-electron chi connectivity index (χ2n) is 34.0. The van der Waals surface area contributed by atoms with Crippen LogP contribution in [0.2, 0.25) is 0 Å². The highest BCUT2D eigenvalue weighted by molar-refractivity contribution is 6.36. The lowest BCUT2D eigenvalue weighted by atomic mass is 9.75. The highest BCUT2D eigenvalue weighted by atomic mass is 16.4. The number of aliphatic carboxylic acids is 1. The monoisotopic (exact) mass is 1270 g/mol. The van der Waals surface area contributed by atoms with Crippen molar-refractivity contribution in [3.63, 3.8) is 0 Å². The molecule has 3 aliphatic heterocycles. The van der Waals surface area contributed by atoms with E-state index in [0.717, 1.165) is 38.5 Å². The number of piperidine rings is 3. The third-order valence-electron chi connectivity index (χ3n) is 23.9. The number of primary amides is 2. The van der Waals surface area contributed by atoms with E-state index in [-0.39, 0.29) is 136 Å². The summed E-state index contributed by atoms with van der Waals surface area (Å²) >= 11 is 0. The molecule has 0 radical (unpaired) electrons. The summed E-state index contributed by atoms with van der Waals surface area (Å²) in [5.74, 6) is -5.00. The molecule has 15 atom stereocenters. The number of fused-ring (bicyclic) bond motifs is 3. The molecule has 6 N–H and O–H groups in total. The fourth-order valence-corrected chi connectivity index (χ4v) is 16.6. The number of hydrogen-bond acceptors (Lipinski definition) is 13. The van der Waals surface area contributed by atoms with Gasteiger partial charge in [-0.15, -0.1) is 0 Å². The summed E-state index contributed by atoms with van der Waals surface area (Å²) in [6.07, 6.45) is 7.75. The number of carboxylic acid groups (broad SMARTS) is 1. The van der Waals surface area contributed by atoms with Gasteiger partial charge in [0.25, 0.3) is 5.91 Å². The van der Waals surface area contributed by atoms with Crippen LogP contribution >= 0.6 is 0 Å². The third-order valence-corrected chi connectivity index (χ3v) is 23.9. The van der Waals surface area contributed by atoms with Crippen molar-refractivity contribution < 1.29 is 67.7 Å². The van der Waals surface area contributed by atoms with E-state index >= 15 is 0 Å². The molecule has 5 aliphatic carbocycles. The fraction of sp³-hybridized carbons (Fsp3) is 0.833. The molecular weight excluding hydrogens is 1160 g/mol. The van der Waals surface area contributed by atoms with Gasteiger partial charge in [-0.3, -0.25) is 52.7 Å². The maximum absolute atomic E-state index is 13.8. The number of aliphatic hydroxyl groups is 1. The van der Waals surface area contributed by atoms with Gasteiger partial charge in [-0.2, -0.15) is 0 Å². The van der Waals surface area contributed by atoms with E-state index in [4.69, 9.17) is 11.5 Å². The van der Waals surface area contributed by atoms with E-state index in [1.54, 1.807) is 30.6 Å². The van der Waals surface area contributed by atoms with E-state index in [1.807, 2.05) is 62.3 Å². The van der Waals surface area contributed by atoms with Crippen molar-refractivity contribution in [1.29, 1.82) is 0 Å². The Labute approximate surface area is 542 Å². The number of rotatable bonds is 27. The Morgan fingerprint density at radius 1 is 0.473 bits per heavy atom. The number of ketones is 6. The van der Waals surface area contributed by atoms with Crippen LogP contribution in [-0.4, -0.2) is 139 Å². The molecule has 3 heterocycles. The van der Waals surface area contributed by atoms with Gasteiger partial charge in [0.15, 0.2) is 11.6 Å². The normalized spacial score (nSPS) is 28.4. The second kappa shape index (κ2) is 28.0. The number of nitrogens with two attached hydrogens (primary N) is 2. The van der Waals surface area contributed by atoms with Crippen LogP contribution in [0.5, 0.6) is 0 Å². The molecule has 8 aliphatic rings. The number of carbonyl (C=O) groups excluding carboxylic acids is 11. The average Bonchev–Trinajstić information content (AvgIpc) is 1.55. The van der Waals surface area contributed by atoms with Crippen LogP contribution in [0.4, 0.5) is 0 Å². The number of carbonyl (C=O) groups is 12. The molecule has 91 heavy (non-hydrogen) atoms. The minimum absolute atomic E-state index is 0.00367. The molecule has 5 amide bonds. The molecule has 3 unspecified atom stereocenters. The molecule has 512 valence electrons. The van der Waals surface area contributed by atoms with Gasteiger partial charge < -0.3 is 36.4 Å². The van der Waals surface area contributed by atoms with Crippen molar-refractivity contribution in [1.82, 2.24) is 14.7 Å². The van der Waals surface area contributed by atoms with Gasteiger partial charge in [0.1, 0.15) is 29.5 Å². The SMILES string of the molecule is CCC(=O)C[C@H](C(=O)N1C[C@H]2[C@@H]([C@H]1C(=O)CC(CC1CCC1)C(=O)C(N)=O)C2(C)C)C(C)(C)C.CCC(=O)C[C@H](C(=O)N1C[C@H]2[C@@H]([C@H]1C(=O)CC(CC1CCC1)C(O)C(N)=O)C2(C)C)C(C)(C)C.CCC(=O)C[C@H](C(=O)N1C[C@H]2[C@@H]([C@H]1C(=O)O)C2(C)C)C(C)(C)C. The maximum atomic E-state index is 13.8. The Kier molecular flexibility index (Phi) is 23.0. The van der Waals surface area contributed by atoms with Crippen molar-refractivity contribution in [3.05, 3.63) is 0 Å². The minimum atomic E-state index is -1.36. The molecule has 0 spiro atoms. The lowest BCUT2D eigenvalue weighted by Crippen LogP contribution is -2.51. The zero-order valence-electron chi connectivity index (χ0n) is 58.5. The summed E-state index contributed by atoms with van der Waals surface area (Å²) in [5.41, 5.74) is 9.43. The van der Waals surface area contributed by atoms with Gasteiger partial charge in [-0.25, -0.2) is 4.79 Å². The maximum Gasteiger partial charge on any atom is 0.326 e. The Morgan fingerprint density at radius 3 is 1.05 bits per heavy atom. The first kappa shape index (κ1) is 74.8. The zero-order chi connectivity index (χ0) is 68.9. The Bertz CT molecular complexity index is 2810. The van der Waals surface area contributed by atoms with Crippen molar-refractivity contribution in [2.45, 2.75) is 252 Å². The number of aliphatic hydroxyl groups excluding tert-OH is 1. The smallest absolute Gasteiger partial charge is 0.326 e. The molecule has 8 rings (SSSR count). The number of carboxylic acids is 1. The zero-order valence-corrected chi connectivity index (χ0v) is 58.5. The lowest BCUT2D eigenvalue weighted by Gasteiger charge is -2.38. The molecular formula is C72H115N5O14. The Morgan fingerprint density at radius 2 is 0.780 bits per heavy atom.